The summed E-state index contributed by atoms with van der Waals surface area (Å²) in [5.74, 6) is 0.0768. The van der Waals surface area contributed by atoms with E-state index in [1.807, 2.05) is 25.9 Å². The molecule has 0 radical (unpaired) electrons. The summed E-state index contributed by atoms with van der Waals surface area (Å²) in [4.78, 5) is 29.9. The maximum Gasteiger partial charge on any atom is 0.295 e. The number of benzene rings is 2. The number of amides is 1. The van der Waals surface area contributed by atoms with Crippen LogP contribution >= 0.6 is 0 Å². The van der Waals surface area contributed by atoms with Gasteiger partial charge in [0, 0.05) is 12.1 Å². The van der Waals surface area contributed by atoms with Crippen LogP contribution in [0.2, 0.25) is 0 Å². The van der Waals surface area contributed by atoms with Crippen molar-refractivity contribution in [2.45, 2.75) is 19.4 Å². The fraction of sp³-hybridized carbons (Fsp3) is 0.385. The second-order valence-electron chi connectivity index (χ2n) is 8.44. The van der Waals surface area contributed by atoms with Crippen molar-refractivity contribution in [3.8, 4) is 17.2 Å². The predicted octanol–water partition coefficient (Wildman–Crippen LogP) is 3.39. The Bertz CT molecular complexity index is 1110. The first kappa shape index (κ1) is 25.1. The Morgan fingerprint density at radius 1 is 1.00 bits per heavy atom. The predicted molar refractivity (Wildman–Crippen MR) is 129 cm³/mol. The van der Waals surface area contributed by atoms with Crippen LogP contribution < -0.4 is 14.2 Å². The van der Waals surface area contributed by atoms with Gasteiger partial charge >= 0.3 is 0 Å². The standard InChI is InChI=1S/C26H32N2O6/c1-16-14-18(32-4)9-10-19(16)24(29)22-23(17-8-11-20(33-5)21(15-17)34-6)28(26(31)25(22)30)13-7-12-27(2)3/h8-11,14-15,23,29H,7,12-13H2,1-6H3/b24-22+/t23-/m1/s1. The summed E-state index contributed by atoms with van der Waals surface area (Å²) < 4.78 is 16.0. The van der Waals surface area contributed by atoms with Crippen molar-refractivity contribution in [2.24, 2.45) is 0 Å². The number of aliphatic hydroxyl groups excluding tert-OH is 1. The Hall–Kier alpha value is -3.52. The number of aliphatic hydroxyl groups is 1. The van der Waals surface area contributed by atoms with Crippen LogP contribution in [0.25, 0.3) is 5.76 Å². The van der Waals surface area contributed by atoms with Gasteiger partial charge in [-0.15, -0.1) is 0 Å². The molecular formula is C26H32N2O6. The van der Waals surface area contributed by atoms with Gasteiger partial charge in [0.1, 0.15) is 11.5 Å². The SMILES string of the molecule is COc1ccc(/C(O)=C2\C(=O)C(=O)N(CCCN(C)C)[C@@H]2c2ccc(OC)c(OC)c2)c(C)c1. The van der Waals surface area contributed by atoms with E-state index in [1.165, 1.54) is 19.1 Å². The molecule has 1 amide bonds. The van der Waals surface area contributed by atoms with E-state index in [0.717, 1.165) is 12.1 Å². The molecule has 1 aliphatic rings. The molecule has 1 atom stereocenters. The van der Waals surface area contributed by atoms with Crippen LogP contribution in [0.4, 0.5) is 0 Å². The number of ketones is 1. The number of carbonyl (C=O) groups excluding carboxylic acids is 2. The molecule has 2 aromatic rings. The fourth-order valence-corrected chi connectivity index (χ4v) is 4.21. The molecule has 182 valence electrons. The maximum atomic E-state index is 13.2. The fourth-order valence-electron chi connectivity index (χ4n) is 4.21. The van der Waals surface area contributed by atoms with Gasteiger partial charge in [-0.05, 0) is 75.4 Å². The average molecular weight is 469 g/mol. The number of rotatable bonds is 9. The molecule has 1 saturated heterocycles. The number of ether oxygens (including phenoxy) is 3. The average Bonchev–Trinajstić information content (AvgIpc) is 3.07. The van der Waals surface area contributed by atoms with E-state index < -0.39 is 17.7 Å². The van der Waals surface area contributed by atoms with Crippen LogP contribution in [-0.4, -0.2) is 75.1 Å². The zero-order chi connectivity index (χ0) is 25.0. The Labute approximate surface area is 200 Å². The summed E-state index contributed by atoms with van der Waals surface area (Å²) in [6, 6.07) is 9.66. The lowest BCUT2D eigenvalue weighted by molar-refractivity contribution is -0.139. The normalized spacial score (nSPS) is 17.4. The highest BCUT2D eigenvalue weighted by Crippen LogP contribution is 2.42. The van der Waals surface area contributed by atoms with E-state index in [-0.39, 0.29) is 11.3 Å². The minimum absolute atomic E-state index is 0.0512. The van der Waals surface area contributed by atoms with Gasteiger partial charge in [0.05, 0.1) is 32.9 Å². The number of methoxy groups -OCH3 is 3. The van der Waals surface area contributed by atoms with Gasteiger partial charge in [-0.2, -0.15) is 0 Å². The van der Waals surface area contributed by atoms with E-state index in [1.54, 1.807) is 43.5 Å². The molecule has 2 aromatic carbocycles. The lowest BCUT2D eigenvalue weighted by Crippen LogP contribution is -2.32. The largest absolute Gasteiger partial charge is 0.507 e. The first-order valence-corrected chi connectivity index (χ1v) is 11.0. The van der Waals surface area contributed by atoms with E-state index >= 15 is 0 Å². The molecule has 0 bridgehead atoms. The van der Waals surface area contributed by atoms with Crippen LogP contribution in [-0.2, 0) is 9.59 Å². The topological polar surface area (TPSA) is 88.5 Å². The molecule has 8 heteroatoms. The number of nitrogens with zero attached hydrogens (tertiary/aromatic N) is 2. The molecule has 0 aromatic heterocycles. The van der Waals surface area contributed by atoms with Crippen molar-refractivity contribution in [3.05, 3.63) is 58.7 Å². The van der Waals surface area contributed by atoms with Crippen LogP contribution in [0.1, 0.15) is 29.2 Å². The number of hydrogen-bond acceptors (Lipinski definition) is 7. The molecule has 1 N–H and O–H groups in total. The van der Waals surface area contributed by atoms with Crippen LogP contribution in [0, 0.1) is 6.92 Å². The van der Waals surface area contributed by atoms with Crippen molar-refractivity contribution < 1.29 is 28.9 Å². The van der Waals surface area contributed by atoms with Crippen LogP contribution in [0.15, 0.2) is 42.0 Å². The van der Waals surface area contributed by atoms with E-state index in [9.17, 15) is 14.7 Å². The monoisotopic (exact) mass is 468 g/mol. The highest BCUT2D eigenvalue weighted by Gasteiger charge is 2.46. The summed E-state index contributed by atoms with van der Waals surface area (Å²) in [6.45, 7) is 2.93. The van der Waals surface area contributed by atoms with Crippen molar-refractivity contribution in [3.63, 3.8) is 0 Å². The van der Waals surface area contributed by atoms with Crippen molar-refractivity contribution >= 4 is 17.4 Å². The molecule has 1 heterocycles. The number of aryl methyl sites for hydroxylation is 1. The summed E-state index contributed by atoms with van der Waals surface area (Å²) in [5.41, 5.74) is 1.89. The highest BCUT2D eigenvalue weighted by atomic mass is 16.5. The van der Waals surface area contributed by atoms with Gasteiger partial charge in [-0.3, -0.25) is 9.59 Å². The second kappa shape index (κ2) is 10.6. The quantitative estimate of drug-likeness (QED) is 0.343. The summed E-state index contributed by atoms with van der Waals surface area (Å²) in [5, 5.41) is 11.3. The Kier molecular flexibility index (Phi) is 7.83. The minimum atomic E-state index is -0.761. The molecule has 3 rings (SSSR count). The van der Waals surface area contributed by atoms with Gasteiger partial charge in [-0.25, -0.2) is 0 Å². The summed E-state index contributed by atoms with van der Waals surface area (Å²) in [7, 11) is 8.52. The van der Waals surface area contributed by atoms with Gasteiger partial charge in [0.15, 0.2) is 11.5 Å². The lowest BCUT2D eigenvalue weighted by Gasteiger charge is -2.26. The maximum absolute atomic E-state index is 13.2. The van der Waals surface area contributed by atoms with E-state index in [0.29, 0.717) is 41.3 Å². The van der Waals surface area contributed by atoms with Gasteiger partial charge in [0.25, 0.3) is 11.7 Å². The van der Waals surface area contributed by atoms with Crippen molar-refractivity contribution in [1.29, 1.82) is 0 Å². The number of likely N-dealkylation sites (tertiary alicyclic amines) is 1. The summed E-state index contributed by atoms with van der Waals surface area (Å²) >= 11 is 0. The molecule has 0 unspecified atom stereocenters. The smallest absolute Gasteiger partial charge is 0.295 e. The lowest BCUT2D eigenvalue weighted by atomic mass is 9.93. The Morgan fingerprint density at radius 2 is 1.71 bits per heavy atom. The first-order valence-electron chi connectivity index (χ1n) is 11.0. The molecular weight excluding hydrogens is 436 g/mol. The minimum Gasteiger partial charge on any atom is -0.507 e. The zero-order valence-corrected chi connectivity index (χ0v) is 20.5. The number of Topliss-reactive ketones (excluding diaryl/α,β-unsaturated/α-hetero) is 1. The third kappa shape index (κ3) is 4.87. The zero-order valence-electron chi connectivity index (χ0n) is 20.5. The summed E-state index contributed by atoms with van der Waals surface area (Å²) in [6.07, 6.45) is 0.672. The molecule has 1 aliphatic heterocycles. The molecule has 34 heavy (non-hydrogen) atoms. The van der Waals surface area contributed by atoms with E-state index in [4.69, 9.17) is 14.2 Å². The van der Waals surface area contributed by atoms with Crippen molar-refractivity contribution in [2.75, 3.05) is 48.5 Å². The molecule has 0 spiro atoms. The molecule has 0 aliphatic carbocycles. The molecule has 0 saturated carbocycles. The third-order valence-electron chi connectivity index (χ3n) is 5.96. The number of carbonyl (C=O) groups is 2. The number of hydrogen-bond donors (Lipinski definition) is 1. The van der Waals surface area contributed by atoms with Gasteiger partial charge in [0.2, 0.25) is 0 Å². The van der Waals surface area contributed by atoms with Gasteiger partial charge in [-0.1, -0.05) is 6.07 Å². The Balaban J connectivity index is 2.17. The second-order valence-corrected chi connectivity index (χ2v) is 8.44. The van der Waals surface area contributed by atoms with Crippen LogP contribution in [0.5, 0.6) is 17.2 Å². The molecule has 8 nitrogen and oxygen atoms in total. The van der Waals surface area contributed by atoms with Crippen LogP contribution in [0.3, 0.4) is 0 Å². The van der Waals surface area contributed by atoms with Gasteiger partial charge < -0.3 is 29.1 Å². The first-order chi connectivity index (χ1) is 16.2. The van der Waals surface area contributed by atoms with E-state index in [2.05, 4.69) is 0 Å². The Morgan fingerprint density at radius 3 is 2.29 bits per heavy atom. The third-order valence-corrected chi connectivity index (χ3v) is 5.96. The molecule has 1 fully saturated rings. The highest BCUT2D eigenvalue weighted by molar-refractivity contribution is 6.46. The van der Waals surface area contributed by atoms with Crippen molar-refractivity contribution in [1.82, 2.24) is 9.80 Å².